The van der Waals surface area contributed by atoms with Crippen molar-refractivity contribution < 1.29 is 4.42 Å². The van der Waals surface area contributed by atoms with Crippen molar-refractivity contribution in [2.75, 3.05) is 0 Å². The average Bonchev–Trinajstić information content (AvgIpc) is 3.83. The topological polar surface area (TPSA) is 56.7 Å². The summed E-state index contributed by atoms with van der Waals surface area (Å²) in [6.07, 6.45) is 0. The fourth-order valence-corrected chi connectivity index (χ4v) is 8.13. The lowest BCUT2D eigenvalue weighted by Crippen LogP contribution is -2.06. The third kappa shape index (κ3) is 5.29. The highest BCUT2D eigenvalue weighted by molar-refractivity contribution is 6.16. The Morgan fingerprint density at radius 1 is 0.339 bits per heavy atom. The van der Waals surface area contributed by atoms with E-state index in [1.807, 2.05) is 24.3 Å². The van der Waals surface area contributed by atoms with Gasteiger partial charge < -0.3 is 4.42 Å². The Balaban J connectivity index is 1.15. The maximum absolute atomic E-state index is 6.26. The van der Waals surface area contributed by atoms with Crippen molar-refractivity contribution >= 4 is 43.7 Å². The zero-order valence-corrected chi connectivity index (χ0v) is 30.2. The molecule has 0 aliphatic heterocycles. The van der Waals surface area contributed by atoms with Gasteiger partial charge in [0, 0.05) is 32.7 Å². The first-order valence-corrected chi connectivity index (χ1v) is 18.8. The molecule has 0 atom stereocenters. The Morgan fingerprint density at radius 3 is 1.62 bits per heavy atom. The third-order valence-corrected chi connectivity index (χ3v) is 10.7. The summed E-state index contributed by atoms with van der Waals surface area (Å²) < 4.78 is 8.45. The van der Waals surface area contributed by atoms with Crippen LogP contribution >= 0.6 is 0 Å². The molecule has 0 bridgehead atoms. The maximum atomic E-state index is 6.26. The molecule has 0 spiro atoms. The number of nitrogens with zero attached hydrogens (tertiary/aromatic N) is 4. The first-order valence-electron chi connectivity index (χ1n) is 18.8. The molecule has 262 valence electrons. The average molecular weight is 717 g/mol. The lowest BCUT2D eigenvalue weighted by molar-refractivity contribution is 0.669. The van der Waals surface area contributed by atoms with Crippen molar-refractivity contribution in [1.29, 1.82) is 0 Å². The normalized spacial score (nSPS) is 11.6. The highest BCUT2D eigenvalue weighted by Gasteiger charge is 2.21. The molecular formula is C51H32N4O. The van der Waals surface area contributed by atoms with Crippen molar-refractivity contribution in [2.24, 2.45) is 0 Å². The standard InChI is InChI=1S/C51H32N4O/c1-3-15-33(16-4-1)35-19-11-21-37(31-35)49-52-50(38-22-12-20-36(32-38)40-26-14-30-46-48(40)42-24-8-10-29-45(42)56-46)54-51(53-49)55-43-27-9-7-23-41(43)47-39(25-13-28-44(47)55)34-17-5-2-6-18-34/h1-32H. The lowest BCUT2D eigenvalue weighted by Gasteiger charge is -2.12. The molecule has 0 saturated carbocycles. The number of aromatic nitrogens is 4. The molecule has 56 heavy (non-hydrogen) atoms. The minimum Gasteiger partial charge on any atom is -0.456 e. The second-order valence-electron chi connectivity index (χ2n) is 14.0. The van der Waals surface area contributed by atoms with Crippen LogP contribution in [0.15, 0.2) is 199 Å². The zero-order valence-electron chi connectivity index (χ0n) is 30.2. The van der Waals surface area contributed by atoms with E-state index in [4.69, 9.17) is 19.4 Å². The molecule has 0 unspecified atom stereocenters. The van der Waals surface area contributed by atoms with Crippen LogP contribution in [0.25, 0.3) is 106 Å². The van der Waals surface area contributed by atoms with Crippen LogP contribution in [0.4, 0.5) is 0 Å². The Bertz CT molecular complexity index is 3250. The van der Waals surface area contributed by atoms with Crippen LogP contribution in [-0.4, -0.2) is 19.5 Å². The predicted octanol–water partition coefficient (Wildman–Crippen LogP) is 13.2. The van der Waals surface area contributed by atoms with Gasteiger partial charge in [0.25, 0.3) is 0 Å². The van der Waals surface area contributed by atoms with E-state index in [2.05, 4.69) is 174 Å². The van der Waals surface area contributed by atoms with Gasteiger partial charge in [-0.05, 0) is 69.8 Å². The van der Waals surface area contributed by atoms with Gasteiger partial charge in [0.15, 0.2) is 11.6 Å². The summed E-state index contributed by atoms with van der Waals surface area (Å²) >= 11 is 0. The molecular weight excluding hydrogens is 685 g/mol. The van der Waals surface area contributed by atoms with E-state index < -0.39 is 0 Å². The molecule has 5 heteroatoms. The summed E-state index contributed by atoms with van der Waals surface area (Å²) in [5.41, 5.74) is 12.3. The van der Waals surface area contributed by atoms with Crippen molar-refractivity contribution in [1.82, 2.24) is 19.5 Å². The van der Waals surface area contributed by atoms with Crippen molar-refractivity contribution in [3.8, 4) is 62.1 Å². The molecule has 3 aromatic heterocycles. The van der Waals surface area contributed by atoms with Gasteiger partial charge in [-0.15, -0.1) is 0 Å². The molecule has 0 amide bonds. The van der Waals surface area contributed by atoms with Crippen LogP contribution in [0.3, 0.4) is 0 Å². The summed E-state index contributed by atoms with van der Waals surface area (Å²) in [6.45, 7) is 0. The SMILES string of the molecule is c1ccc(-c2cccc(-c3nc(-c4cccc(-c5cccc6oc7ccccc7c56)c4)nc(-n4c5ccccc5c5c(-c6ccccc6)cccc54)n3)c2)cc1. The van der Waals surface area contributed by atoms with Crippen LogP contribution < -0.4 is 0 Å². The Kier molecular flexibility index (Phi) is 7.42. The summed E-state index contributed by atoms with van der Waals surface area (Å²) in [5, 5.41) is 4.48. The lowest BCUT2D eigenvalue weighted by atomic mass is 9.98. The van der Waals surface area contributed by atoms with Gasteiger partial charge in [0.1, 0.15) is 11.2 Å². The molecule has 0 radical (unpaired) electrons. The van der Waals surface area contributed by atoms with E-state index in [-0.39, 0.29) is 0 Å². The van der Waals surface area contributed by atoms with Crippen molar-refractivity contribution in [3.63, 3.8) is 0 Å². The van der Waals surface area contributed by atoms with Crippen LogP contribution in [-0.2, 0) is 0 Å². The van der Waals surface area contributed by atoms with Gasteiger partial charge in [0.05, 0.1) is 11.0 Å². The molecule has 0 N–H and O–H groups in total. The van der Waals surface area contributed by atoms with Crippen LogP contribution in [0.5, 0.6) is 0 Å². The zero-order chi connectivity index (χ0) is 37.0. The highest BCUT2D eigenvalue weighted by Crippen LogP contribution is 2.40. The summed E-state index contributed by atoms with van der Waals surface area (Å²) in [4.78, 5) is 15.8. The largest absolute Gasteiger partial charge is 0.456 e. The van der Waals surface area contributed by atoms with Gasteiger partial charge in [-0.3, -0.25) is 4.57 Å². The first-order chi connectivity index (χ1) is 27.8. The Morgan fingerprint density at radius 2 is 0.857 bits per heavy atom. The smallest absolute Gasteiger partial charge is 0.238 e. The van der Waals surface area contributed by atoms with Gasteiger partial charge in [-0.2, -0.15) is 9.97 Å². The van der Waals surface area contributed by atoms with E-state index >= 15 is 0 Å². The summed E-state index contributed by atoms with van der Waals surface area (Å²) in [5.74, 6) is 1.74. The van der Waals surface area contributed by atoms with Crippen LogP contribution in [0, 0.1) is 0 Å². The molecule has 0 saturated heterocycles. The molecule has 0 aliphatic carbocycles. The van der Waals surface area contributed by atoms with Gasteiger partial charge in [-0.25, -0.2) is 4.98 Å². The molecule has 0 fully saturated rings. The van der Waals surface area contributed by atoms with E-state index in [0.29, 0.717) is 17.6 Å². The number of benzene rings is 8. The molecule has 3 heterocycles. The number of fused-ring (bicyclic) bond motifs is 6. The van der Waals surface area contributed by atoms with E-state index in [0.717, 1.165) is 88.3 Å². The van der Waals surface area contributed by atoms with Crippen molar-refractivity contribution in [3.05, 3.63) is 194 Å². The Hall–Kier alpha value is -7.63. The Labute approximate surface area is 322 Å². The molecule has 11 aromatic rings. The number of hydrogen-bond acceptors (Lipinski definition) is 4. The van der Waals surface area contributed by atoms with Gasteiger partial charge >= 0.3 is 0 Å². The maximum Gasteiger partial charge on any atom is 0.238 e. The van der Waals surface area contributed by atoms with E-state index in [9.17, 15) is 0 Å². The van der Waals surface area contributed by atoms with Crippen molar-refractivity contribution in [2.45, 2.75) is 0 Å². The third-order valence-electron chi connectivity index (χ3n) is 10.7. The highest BCUT2D eigenvalue weighted by atomic mass is 16.3. The molecule has 0 aliphatic rings. The minimum atomic E-state index is 0.555. The fourth-order valence-electron chi connectivity index (χ4n) is 8.13. The number of hydrogen-bond donors (Lipinski definition) is 0. The van der Waals surface area contributed by atoms with Gasteiger partial charge in [-0.1, -0.05) is 158 Å². The number of furan rings is 1. The fraction of sp³-hybridized carbons (Fsp3) is 0. The van der Waals surface area contributed by atoms with E-state index in [1.54, 1.807) is 0 Å². The first kappa shape index (κ1) is 31.9. The van der Waals surface area contributed by atoms with Crippen LogP contribution in [0.2, 0.25) is 0 Å². The van der Waals surface area contributed by atoms with Crippen LogP contribution in [0.1, 0.15) is 0 Å². The number of rotatable bonds is 6. The summed E-state index contributed by atoms with van der Waals surface area (Å²) in [6, 6.07) is 67.4. The molecule has 8 aromatic carbocycles. The second kappa shape index (κ2) is 13.0. The minimum absolute atomic E-state index is 0.555. The predicted molar refractivity (Wildman–Crippen MR) is 229 cm³/mol. The van der Waals surface area contributed by atoms with Gasteiger partial charge in [0.2, 0.25) is 5.95 Å². The molecule has 11 rings (SSSR count). The molecule has 5 nitrogen and oxygen atoms in total. The second-order valence-corrected chi connectivity index (χ2v) is 14.0. The number of para-hydroxylation sites is 2. The quantitative estimate of drug-likeness (QED) is 0.172. The summed E-state index contributed by atoms with van der Waals surface area (Å²) in [7, 11) is 0. The van der Waals surface area contributed by atoms with E-state index in [1.165, 1.54) is 0 Å². The monoisotopic (exact) mass is 716 g/mol.